The van der Waals surface area contributed by atoms with Crippen LogP contribution in [0.4, 0.5) is 0 Å². The van der Waals surface area contributed by atoms with Gasteiger partial charge in [0, 0.05) is 37.9 Å². The summed E-state index contributed by atoms with van der Waals surface area (Å²) < 4.78 is 2.04. The molecule has 1 aromatic heterocycles. The van der Waals surface area contributed by atoms with E-state index in [1.807, 2.05) is 72.1 Å². The Morgan fingerprint density at radius 2 is 1.70 bits per heavy atom. The predicted molar refractivity (Wildman–Crippen MR) is 122 cm³/mol. The lowest BCUT2D eigenvalue weighted by Gasteiger charge is -2.32. The number of nitrogens with zero attached hydrogens (tertiary/aromatic N) is 3. The van der Waals surface area contributed by atoms with Gasteiger partial charge in [0.05, 0.1) is 13.1 Å². The van der Waals surface area contributed by atoms with E-state index in [2.05, 4.69) is 20.8 Å². The summed E-state index contributed by atoms with van der Waals surface area (Å²) in [5.74, 6) is 0.420. The molecule has 0 unspecified atom stereocenters. The van der Waals surface area contributed by atoms with Crippen LogP contribution in [-0.2, 0) is 29.6 Å². The van der Waals surface area contributed by atoms with E-state index in [1.165, 1.54) is 0 Å². The van der Waals surface area contributed by atoms with Crippen molar-refractivity contribution in [1.82, 2.24) is 14.4 Å². The zero-order valence-corrected chi connectivity index (χ0v) is 19.2. The molecular formula is C25H37N3O2. The SMILES string of the molecule is CC[C@H](C)N(CC(=O)N(Cc1cccn1C)CC(C)C)C(=O)CCc1ccccc1. The van der Waals surface area contributed by atoms with Crippen LogP contribution in [0.3, 0.4) is 0 Å². The summed E-state index contributed by atoms with van der Waals surface area (Å²) in [5, 5.41) is 0. The molecule has 0 saturated carbocycles. The van der Waals surface area contributed by atoms with Gasteiger partial charge in [-0.3, -0.25) is 9.59 Å². The Morgan fingerprint density at radius 1 is 1.00 bits per heavy atom. The monoisotopic (exact) mass is 411 g/mol. The van der Waals surface area contributed by atoms with Crippen LogP contribution in [-0.4, -0.2) is 45.3 Å². The van der Waals surface area contributed by atoms with E-state index in [1.54, 1.807) is 4.90 Å². The standard InChI is InChI=1S/C25H37N3O2/c1-6-21(4)28(24(29)15-14-22-11-8-7-9-12-22)19-25(30)27(17-20(2)3)18-23-13-10-16-26(23)5/h7-13,16,20-21H,6,14-15,17-19H2,1-5H3/t21-/m0/s1. The molecule has 0 aliphatic carbocycles. The second-order valence-electron chi connectivity index (χ2n) is 8.54. The number of aryl methyl sites for hydroxylation is 2. The molecule has 30 heavy (non-hydrogen) atoms. The predicted octanol–water partition coefficient (Wildman–Crippen LogP) is 4.27. The first-order valence-electron chi connectivity index (χ1n) is 11.0. The average molecular weight is 412 g/mol. The van der Waals surface area contributed by atoms with Gasteiger partial charge in [-0.1, -0.05) is 51.1 Å². The molecule has 1 atom stereocenters. The molecule has 0 bridgehead atoms. The van der Waals surface area contributed by atoms with Crippen LogP contribution in [0.25, 0.3) is 0 Å². The molecule has 2 rings (SSSR count). The Hall–Kier alpha value is -2.56. The minimum atomic E-state index is 0.0123. The molecule has 0 saturated heterocycles. The fourth-order valence-corrected chi connectivity index (χ4v) is 3.55. The molecule has 164 valence electrons. The number of amides is 2. The third-order valence-electron chi connectivity index (χ3n) is 5.56. The van der Waals surface area contributed by atoms with Crippen LogP contribution < -0.4 is 0 Å². The van der Waals surface area contributed by atoms with Crippen LogP contribution in [0.2, 0.25) is 0 Å². The number of benzene rings is 1. The maximum atomic E-state index is 13.2. The van der Waals surface area contributed by atoms with Crippen LogP contribution in [0.5, 0.6) is 0 Å². The lowest BCUT2D eigenvalue weighted by Crippen LogP contribution is -2.47. The summed E-state index contributed by atoms with van der Waals surface area (Å²) in [4.78, 5) is 29.9. The third-order valence-corrected chi connectivity index (χ3v) is 5.56. The second kappa shape index (κ2) is 11.6. The number of carbonyl (C=O) groups is 2. The minimum Gasteiger partial charge on any atom is -0.353 e. The average Bonchev–Trinajstić information content (AvgIpc) is 3.13. The molecule has 0 spiro atoms. The first-order chi connectivity index (χ1) is 14.3. The fourth-order valence-electron chi connectivity index (χ4n) is 3.55. The van der Waals surface area contributed by atoms with Crippen LogP contribution in [0.15, 0.2) is 48.7 Å². The number of hydrogen-bond donors (Lipinski definition) is 0. The summed E-state index contributed by atoms with van der Waals surface area (Å²) in [6.07, 6.45) is 3.93. The van der Waals surface area contributed by atoms with E-state index in [0.29, 0.717) is 31.8 Å². The van der Waals surface area contributed by atoms with Crippen molar-refractivity contribution < 1.29 is 9.59 Å². The summed E-state index contributed by atoms with van der Waals surface area (Å²) >= 11 is 0. The summed E-state index contributed by atoms with van der Waals surface area (Å²) in [6.45, 7) is 9.69. The largest absolute Gasteiger partial charge is 0.353 e. The lowest BCUT2D eigenvalue weighted by molar-refractivity contribution is -0.143. The second-order valence-corrected chi connectivity index (χ2v) is 8.54. The number of aromatic nitrogens is 1. The van der Waals surface area contributed by atoms with Crippen molar-refractivity contribution >= 4 is 11.8 Å². The quantitative estimate of drug-likeness (QED) is 0.554. The van der Waals surface area contributed by atoms with Crippen LogP contribution in [0, 0.1) is 5.92 Å². The van der Waals surface area contributed by atoms with E-state index in [4.69, 9.17) is 0 Å². The Bertz CT molecular complexity index is 798. The molecule has 1 aromatic carbocycles. The van der Waals surface area contributed by atoms with Crippen molar-refractivity contribution in [2.45, 2.75) is 59.5 Å². The molecule has 2 amide bonds. The van der Waals surface area contributed by atoms with Gasteiger partial charge in [-0.05, 0) is 43.4 Å². The maximum absolute atomic E-state index is 13.2. The summed E-state index contributed by atoms with van der Waals surface area (Å²) in [5.41, 5.74) is 2.24. The summed E-state index contributed by atoms with van der Waals surface area (Å²) in [6, 6.07) is 14.1. The van der Waals surface area contributed by atoms with Gasteiger partial charge in [0.2, 0.25) is 11.8 Å². The van der Waals surface area contributed by atoms with Crippen molar-refractivity contribution in [3.05, 3.63) is 59.9 Å². The van der Waals surface area contributed by atoms with E-state index in [0.717, 1.165) is 17.7 Å². The Balaban J connectivity index is 2.08. The molecule has 5 nitrogen and oxygen atoms in total. The Kier molecular flexibility index (Phi) is 9.15. The van der Waals surface area contributed by atoms with Crippen molar-refractivity contribution in [3.8, 4) is 0 Å². The van der Waals surface area contributed by atoms with E-state index < -0.39 is 0 Å². The molecule has 0 N–H and O–H groups in total. The number of carbonyl (C=O) groups excluding carboxylic acids is 2. The Labute approximate surface area is 181 Å². The summed E-state index contributed by atoms with van der Waals surface area (Å²) in [7, 11) is 1.99. The van der Waals surface area contributed by atoms with Gasteiger partial charge in [-0.2, -0.15) is 0 Å². The normalized spacial score (nSPS) is 12.1. The van der Waals surface area contributed by atoms with Crippen molar-refractivity contribution in [2.75, 3.05) is 13.1 Å². The first-order valence-corrected chi connectivity index (χ1v) is 11.0. The molecule has 0 aliphatic rings. The van der Waals surface area contributed by atoms with Gasteiger partial charge in [-0.15, -0.1) is 0 Å². The molecule has 0 fully saturated rings. The van der Waals surface area contributed by atoms with Gasteiger partial charge in [0.1, 0.15) is 0 Å². The van der Waals surface area contributed by atoms with E-state index >= 15 is 0 Å². The zero-order chi connectivity index (χ0) is 22.1. The first kappa shape index (κ1) is 23.7. The van der Waals surface area contributed by atoms with Gasteiger partial charge in [0.15, 0.2) is 0 Å². The van der Waals surface area contributed by atoms with Gasteiger partial charge >= 0.3 is 0 Å². The van der Waals surface area contributed by atoms with Crippen molar-refractivity contribution in [2.24, 2.45) is 13.0 Å². The molecule has 0 aliphatic heterocycles. The lowest BCUT2D eigenvalue weighted by atomic mass is 10.1. The minimum absolute atomic E-state index is 0.0123. The number of hydrogen-bond acceptors (Lipinski definition) is 2. The van der Waals surface area contributed by atoms with Crippen LogP contribution in [0.1, 0.15) is 51.8 Å². The molecule has 0 radical (unpaired) electrons. The number of rotatable bonds is 11. The molecule has 5 heteroatoms. The van der Waals surface area contributed by atoms with E-state index in [9.17, 15) is 9.59 Å². The van der Waals surface area contributed by atoms with Crippen LogP contribution >= 0.6 is 0 Å². The van der Waals surface area contributed by atoms with E-state index in [-0.39, 0.29) is 24.4 Å². The highest BCUT2D eigenvalue weighted by atomic mass is 16.2. The zero-order valence-electron chi connectivity index (χ0n) is 19.2. The highest BCUT2D eigenvalue weighted by Gasteiger charge is 2.25. The Morgan fingerprint density at radius 3 is 2.27 bits per heavy atom. The molecular weight excluding hydrogens is 374 g/mol. The molecule has 2 aromatic rings. The van der Waals surface area contributed by atoms with Gasteiger partial charge in [0.25, 0.3) is 0 Å². The smallest absolute Gasteiger partial charge is 0.242 e. The van der Waals surface area contributed by atoms with Gasteiger partial charge < -0.3 is 14.4 Å². The highest BCUT2D eigenvalue weighted by Crippen LogP contribution is 2.13. The highest BCUT2D eigenvalue weighted by molar-refractivity contribution is 5.85. The topological polar surface area (TPSA) is 45.6 Å². The van der Waals surface area contributed by atoms with Crippen molar-refractivity contribution in [3.63, 3.8) is 0 Å². The maximum Gasteiger partial charge on any atom is 0.242 e. The molecule has 1 heterocycles. The van der Waals surface area contributed by atoms with Crippen molar-refractivity contribution in [1.29, 1.82) is 0 Å². The van der Waals surface area contributed by atoms with Gasteiger partial charge in [-0.25, -0.2) is 0 Å². The fraction of sp³-hybridized carbons (Fsp3) is 0.520. The third kappa shape index (κ3) is 7.05.